The number of hydrogen-bond acceptors (Lipinski definition) is 6. The fourth-order valence-corrected chi connectivity index (χ4v) is 0.0577. The molecule has 0 aliphatic heterocycles. The van der Waals surface area contributed by atoms with E-state index in [4.69, 9.17) is 25.2 Å². The molecule has 0 radical (unpaired) electrons. The lowest BCUT2D eigenvalue weighted by atomic mass is 10.4. The van der Waals surface area contributed by atoms with Crippen molar-refractivity contribution in [2.75, 3.05) is 27.4 Å². The van der Waals surface area contributed by atoms with Crippen molar-refractivity contribution >= 4 is 6.47 Å². The first kappa shape index (κ1) is 17.4. The molecule has 0 atom stereocenters. The van der Waals surface area contributed by atoms with Crippen LogP contribution in [0.5, 0.6) is 0 Å². The van der Waals surface area contributed by atoms with Gasteiger partial charge in [-0.25, -0.2) is 0 Å². The first-order chi connectivity index (χ1) is 5.72. The van der Waals surface area contributed by atoms with Gasteiger partial charge in [-0.05, 0) is 0 Å². The number of aliphatic hydroxyl groups excluding tert-OH is 4. The van der Waals surface area contributed by atoms with E-state index in [0.717, 1.165) is 7.11 Å². The van der Waals surface area contributed by atoms with E-state index in [2.05, 4.69) is 4.74 Å². The number of carbonyl (C=O) groups excluding carboxylic acids is 1. The largest absolute Gasteiger partial charge is 0.471 e. The summed E-state index contributed by atoms with van der Waals surface area (Å²) >= 11 is 0. The number of ether oxygens (including phenoxy) is 1. The van der Waals surface area contributed by atoms with Crippen LogP contribution in [-0.4, -0.2) is 60.4 Å². The van der Waals surface area contributed by atoms with E-state index < -0.39 is 6.10 Å². The van der Waals surface area contributed by atoms with Gasteiger partial charge in [-0.15, -0.1) is 0 Å². The molecule has 0 bridgehead atoms. The first-order valence-corrected chi connectivity index (χ1v) is 3.03. The predicted octanol–water partition coefficient (Wildman–Crippen LogP) is -2.27. The van der Waals surface area contributed by atoms with E-state index >= 15 is 0 Å². The highest BCUT2D eigenvalue weighted by Crippen LogP contribution is 1.71. The predicted molar refractivity (Wildman–Crippen MR) is 41.4 cm³/mol. The molecule has 0 aromatic heterocycles. The highest BCUT2D eigenvalue weighted by atomic mass is 16.5. The molecule has 0 aliphatic carbocycles. The molecule has 6 nitrogen and oxygen atoms in total. The van der Waals surface area contributed by atoms with Crippen LogP contribution >= 0.6 is 0 Å². The van der Waals surface area contributed by atoms with Gasteiger partial charge >= 0.3 is 0 Å². The number of hydrogen-bond donors (Lipinski definition) is 4. The maximum Gasteiger partial charge on any atom is 0.292 e. The summed E-state index contributed by atoms with van der Waals surface area (Å²) in [4.78, 5) is 8.95. The van der Waals surface area contributed by atoms with Crippen molar-refractivity contribution in [3.8, 4) is 0 Å². The maximum absolute atomic E-state index is 8.95. The van der Waals surface area contributed by atoms with Crippen LogP contribution in [0, 0.1) is 0 Å². The van der Waals surface area contributed by atoms with E-state index in [9.17, 15) is 0 Å². The van der Waals surface area contributed by atoms with Crippen molar-refractivity contribution in [3.63, 3.8) is 0 Å². The minimum absolute atomic E-state index is 0.365. The van der Waals surface area contributed by atoms with Crippen LogP contribution in [0.15, 0.2) is 0 Å². The molecular formula is C6H16O6. The van der Waals surface area contributed by atoms with E-state index in [1.807, 2.05) is 0 Å². The van der Waals surface area contributed by atoms with Crippen molar-refractivity contribution in [3.05, 3.63) is 0 Å². The molecule has 0 aromatic carbocycles. The molecule has 6 heteroatoms. The van der Waals surface area contributed by atoms with E-state index in [1.54, 1.807) is 0 Å². The summed E-state index contributed by atoms with van der Waals surface area (Å²) < 4.78 is 3.86. The van der Waals surface area contributed by atoms with Gasteiger partial charge in [0.2, 0.25) is 0 Å². The minimum atomic E-state index is -0.954. The van der Waals surface area contributed by atoms with Crippen LogP contribution in [0.25, 0.3) is 0 Å². The second-order valence-corrected chi connectivity index (χ2v) is 1.35. The molecule has 4 N–H and O–H groups in total. The number of rotatable bonds is 3. The van der Waals surface area contributed by atoms with Crippen molar-refractivity contribution in [2.24, 2.45) is 0 Å². The Morgan fingerprint density at radius 2 is 1.58 bits per heavy atom. The molecule has 0 aromatic rings. The zero-order valence-corrected chi connectivity index (χ0v) is 7.17. The highest BCUT2D eigenvalue weighted by Gasteiger charge is 1.93. The fraction of sp³-hybridized carbons (Fsp3) is 0.833. The third kappa shape index (κ3) is 34.6. The Balaban J connectivity index is -0.000000118. The summed E-state index contributed by atoms with van der Waals surface area (Å²) in [6, 6.07) is 0. The van der Waals surface area contributed by atoms with Crippen LogP contribution in [0.4, 0.5) is 0 Å². The Morgan fingerprint density at radius 1 is 1.33 bits per heavy atom. The molecular weight excluding hydrogens is 168 g/mol. The van der Waals surface area contributed by atoms with E-state index in [0.29, 0.717) is 6.47 Å². The number of methoxy groups -OCH3 is 1. The Morgan fingerprint density at radius 3 is 1.58 bits per heavy atom. The van der Waals surface area contributed by atoms with Crippen molar-refractivity contribution < 1.29 is 30.0 Å². The monoisotopic (exact) mass is 184 g/mol. The standard InChI is InChI=1S/C3H8O3.C2H4O2.CH4O/c4-1-3(6)2-5;1-4-2-3;1-2/h3-6H,1-2H2;2H,1H3;2H,1H3. The lowest BCUT2D eigenvalue weighted by Gasteiger charge is -1.96. The van der Waals surface area contributed by atoms with Gasteiger partial charge in [0, 0.05) is 7.11 Å². The smallest absolute Gasteiger partial charge is 0.292 e. The van der Waals surface area contributed by atoms with Gasteiger partial charge < -0.3 is 25.2 Å². The van der Waals surface area contributed by atoms with Crippen molar-refractivity contribution in [2.45, 2.75) is 6.10 Å². The summed E-state index contributed by atoms with van der Waals surface area (Å²) in [5, 5.41) is 31.0. The van der Waals surface area contributed by atoms with Crippen LogP contribution in [0.2, 0.25) is 0 Å². The molecule has 0 rings (SSSR count). The molecule has 0 heterocycles. The highest BCUT2D eigenvalue weighted by molar-refractivity contribution is 5.36. The normalized spacial score (nSPS) is 7.25. The van der Waals surface area contributed by atoms with Crippen LogP contribution in [0.1, 0.15) is 0 Å². The molecule has 12 heavy (non-hydrogen) atoms. The fourth-order valence-electron chi connectivity index (χ4n) is 0.0577. The molecule has 76 valence electrons. The molecule has 0 aliphatic rings. The molecule has 0 amide bonds. The van der Waals surface area contributed by atoms with Crippen molar-refractivity contribution in [1.29, 1.82) is 0 Å². The molecule has 0 spiro atoms. The topological polar surface area (TPSA) is 107 Å². The zero-order chi connectivity index (χ0) is 10.4. The summed E-state index contributed by atoms with van der Waals surface area (Å²) in [5.41, 5.74) is 0. The second-order valence-electron chi connectivity index (χ2n) is 1.35. The lowest BCUT2D eigenvalue weighted by Crippen LogP contribution is -2.15. The summed E-state index contributed by atoms with van der Waals surface area (Å²) in [5.74, 6) is 0. The van der Waals surface area contributed by atoms with Crippen LogP contribution < -0.4 is 0 Å². The van der Waals surface area contributed by atoms with Crippen LogP contribution in [-0.2, 0) is 9.53 Å². The van der Waals surface area contributed by atoms with Gasteiger partial charge in [0.1, 0.15) is 6.10 Å². The van der Waals surface area contributed by atoms with Gasteiger partial charge in [-0.2, -0.15) is 0 Å². The van der Waals surface area contributed by atoms with Gasteiger partial charge in [-0.3, -0.25) is 4.79 Å². The van der Waals surface area contributed by atoms with Crippen molar-refractivity contribution in [1.82, 2.24) is 0 Å². The summed E-state index contributed by atoms with van der Waals surface area (Å²) in [6.07, 6.45) is -0.954. The number of carbonyl (C=O) groups is 1. The number of aliphatic hydroxyl groups is 4. The zero-order valence-electron chi connectivity index (χ0n) is 7.17. The van der Waals surface area contributed by atoms with Gasteiger partial charge in [-0.1, -0.05) is 0 Å². The van der Waals surface area contributed by atoms with Crippen LogP contribution in [0.3, 0.4) is 0 Å². The average Bonchev–Trinajstić information content (AvgIpc) is 2.20. The van der Waals surface area contributed by atoms with E-state index in [-0.39, 0.29) is 13.2 Å². The van der Waals surface area contributed by atoms with Gasteiger partial charge in [0.15, 0.2) is 0 Å². The first-order valence-electron chi connectivity index (χ1n) is 3.03. The lowest BCUT2D eigenvalue weighted by molar-refractivity contribution is -0.126. The molecule has 0 saturated heterocycles. The third-order valence-electron chi connectivity index (χ3n) is 0.518. The Bertz CT molecular complexity index is 63.1. The second kappa shape index (κ2) is 22.4. The molecule has 0 fully saturated rings. The average molecular weight is 184 g/mol. The van der Waals surface area contributed by atoms with Gasteiger partial charge in [0.05, 0.1) is 20.3 Å². The molecule has 0 saturated carbocycles. The Kier molecular flexibility index (Phi) is 32.6. The third-order valence-corrected chi connectivity index (χ3v) is 0.518. The Hall–Kier alpha value is -0.690. The summed E-state index contributed by atoms with van der Waals surface area (Å²) in [6.45, 7) is -0.354. The Labute approximate surface area is 71.0 Å². The maximum atomic E-state index is 8.95. The van der Waals surface area contributed by atoms with Gasteiger partial charge in [0.25, 0.3) is 6.47 Å². The SMILES string of the molecule is CO.COC=O.OCC(O)CO. The summed E-state index contributed by atoms with van der Waals surface area (Å²) in [7, 11) is 2.31. The quantitative estimate of drug-likeness (QED) is 0.368. The molecule has 0 unspecified atom stereocenters. The van der Waals surface area contributed by atoms with E-state index in [1.165, 1.54) is 7.11 Å². The minimum Gasteiger partial charge on any atom is -0.471 e.